The Labute approximate surface area is 135 Å². The first-order chi connectivity index (χ1) is 10.7. The lowest BCUT2D eigenvalue weighted by atomic mass is 10.3. The molecule has 1 heterocycles. The lowest BCUT2D eigenvalue weighted by Gasteiger charge is -2.26. The molecule has 1 aromatic carbocycles. The van der Waals surface area contributed by atoms with Gasteiger partial charge in [-0.1, -0.05) is 11.6 Å². The van der Waals surface area contributed by atoms with E-state index in [4.69, 9.17) is 21.1 Å². The molecule has 1 saturated heterocycles. The van der Waals surface area contributed by atoms with E-state index in [0.29, 0.717) is 23.0 Å². The molecule has 0 aromatic heterocycles. The first-order valence-electron chi connectivity index (χ1n) is 7.37. The third-order valence-corrected chi connectivity index (χ3v) is 3.75. The number of ether oxygens (including phenoxy) is 2. The van der Waals surface area contributed by atoms with Gasteiger partial charge in [-0.25, -0.2) is 4.79 Å². The Morgan fingerprint density at radius 3 is 2.86 bits per heavy atom. The van der Waals surface area contributed by atoms with Crippen molar-refractivity contribution in [1.82, 2.24) is 10.2 Å². The first kappa shape index (κ1) is 16.9. The van der Waals surface area contributed by atoms with Crippen molar-refractivity contribution in [3.63, 3.8) is 0 Å². The Kier molecular flexibility index (Phi) is 6.76. The van der Waals surface area contributed by atoms with E-state index in [1.807, 2.05) is 0 Å². The molecule has 6 nitrogen and oxygen atoms in total. The molecule has 2 amide bonds. The fourth-order valence-corrected chi connectivity index (χ4v) is 2.51. The summed E-state index contributed by atoms with van der Waals surface area (Å²) in [6.07, 6.45) is 0.913. The lowest BCUT2D eigenvalue weighted by molar-refractivity contribution is 0.0375. The van der Waals surface area contributed by atoms with Crippen molar-refractivity contribution in [2.24, 2.45) is 0 Å². The van der Waals surface area contributed by atoms with Gasteiger partial charge in [0.15, 0.2) is 0 Å². The fourth-order valence-electron chi connectivity index (χ4n) is 2.25. The van der Waals surface area contributed by atoms with Crippen LogP contribution in [0.15, 0.2) is 18.2 Å². The summed E-state index contributed by atoms with van der Waals surface area (Å²) in [6, 6.07) is 4.89. The van der Waals surface area contributed by atoms with Crippen molar-refractivity contribution < 1.29 is 14.3 Å². The Morgan fingerprint density at radius 1 is 1.41 bits per heavy atom. The summed E-state index contributed by atoms with van der Waals surface area (Å²) in [7, 11) is 1.55. The number of benzene rings is 1. The number of morpholine rings is 1. The second-order valence-corrected chi connectivity index (χ2v) is 5.44. The molecule has 2 N–H and O–H groups in total. The summed E-state index contributed by atoms with van der Waals surface area (Å²) < 4.78 is 10.4. The van der Waals surface area contributed by atoms with E-state index in [0.717, 1.165) is 39.3 Å². The van der Waals surface area contributed by atoms with E-state index >= 15 is 0 Å². The number of hydrogen-bond donors (Lipinski definition) is 2. The average molecular weight is 328 g/mol. The molecule has 1 fully saturated rings. The zero-order chi connectivity index (χ0) is 15.8. The summed E-state index contributed by atoms with van der Waals surface area (Å²) in [4.78, 5) is 14.1. The molecular formula is C15H22ClN3O3. The van der Waals surface area contributed by atoms with Gasteiger partial charge in [0.25, 0.3) is 0 Å². The van der Waals surface area contributed by atoms with Crippen LogP contribution in [0.25, 0.3) is 0 Å². The first-order valence-corrected chi connectivity index (χ1v) is 7.75. The Bertz CT molecular complexity index is 493. The van der Waals surface area contributed by atoms with E-state index < -0.39 is 0 Å². The van der Waals surface area contributed by atoms with Gasteiger partial charge in [0, 0.05) is 25.3 Å². The van der Waals surface area contributed by atoms with Crippen molar-refractivity contribution in [3.8, 4) is 5.75 Å². The van der Waals surface area contributed by atoms with Crippen molar-refractivity contribution in [2.45, 2.75) is 6.42 Å². The van der Waals surface area contributed by atoms with Gasteiger partial charge in [-0.15, -0.1) is 0 Å². The minimum absolute atomic E-state index is 0.233. The van der Waals surface area contributed by atoms with Crippen LogP contribution in [0, 0.1) is 0 Å². The summed E-state index contributed by atoms with van der Waals surface area (Å²) in [5.74, 6) is 0.582. The number of nitrogens with one attached hydrogen (secondary N) is 2. The summed E-state index contributed by atoms with van der Waals surface area (Å²) >= 11 is 6.01. The maximum atomic E-state index is 11.8. The van der Waals surface area contributed by atoms with Crippen LogP contribution in [0.2, 0.25) is 5.02 Å². The predicted molar refractivity (Wildman–Crippen MR) is 86.9 cm³/mol. The highest BCUT2D eigenvalue weighted by Crippen LogP contribution is 2.27. The Morgan fingerprint density at radius 2 is 2.18 bits per heavy atom. The highest BCUT2D eigenvalue weighted by Gasteiger charge is 2.10. The molecule has 0 atom stereocenters. The van der Waals surface area contributed by atoms with Gasteiger partial charge in [0.1, 0.15) is 5.75 Å². The van der Waals surface area contributed by atoms with Crippen LogP contribution in [-0.2, 0) is 4.74 Å². The maximum absolute atomic E-state index is 11.8. The number of urea groups is 1. The molecule has 0 bridgehead atoms. The number of hydrogen-bond acceptors (Lipinski definition) is 4. The summed E-state index contributed by atoms with van der Waals surface area (Å²) in [6.45, 7) is 5.14. The standard InChI is InChI=1S/C15H22ClN3O3/c1-21-14-4-3-12(11-13(14)16)18-15(20)17-5-2-6-19-7-9-22-10-8-19/h3-4,11H,2,5-10H2,1H3,(H2,17,18,20). The topological polar surface area (TPSA) is 62.8 Å². The predicted octanol–water partition coefficient (Wildman–Crippen LogP) is 2.19. The molecule has 1 aliphatic rings. The molecule has 22 heavy (non-hydrogen) atoms. The second-order valence-electron chi connectivity index (χ2n) is 5.04. The third-order valence-electron chi connectivity index (χ3n) is 3.45. The fraction of sp³-hybridized carbons (Fsp3) is 0.533. The van der Waals surface area contributed by atoms with E-state index in [-0.39, 0.29) is 6.03 Å². The molecular weight excluding hydrogens is 306 g/mol. The van der Waals surface area contributed by atoms with Crippen LogP contribution in [0.1, 0.15) is 6.42 Å². The van der Waals surface area contributed by atoms with Crippen LogP contribution in [0.5, 0.6) is 5.75 Å². The molecule has 2 rings (SSSR count). The van der Waals surface area contributed by atoms with Crippen LogP contribution in [0.3, 0.4) is 0 Å². The van der Waals surface area contributed by atoms with Crippen molar-refractivity contribution in [1.29, 1.82) is 0 Å². The van der Waals surface area contributed by atoms with Crippen LogP contribution in [-0.4, -0.2) is 57.4 Å². The van der Waals surface area contributed by atoms with Gasteiger partial charge < -0.3 is 20.1 Å². The molecule has 0 unspecified atom stereocenters. The number of halogens is 1. The number of carbonyl (C=O) groups excluding carboxylic acids is 1. The minimum Gasteiger partial charge on any atom is -0.495 e. The van der Waals surface area contributed by atoms with Gasteiger partial charge in [-0.3, -0.25) is 4.90 Å². The molecule has 7 heteroatoms. The smallest absolute Gasteiger partial charge is 0.319 e. The highest BCUT2D eigenvalue weighted by molar-refractivity contribution is 6.32. The van der Waals surface area contributed by atoms with Crippen LogP contribution in [0.4, 0.5) is 10.5 Å². The van der Waals surface area contributed by atoms with E-state index in [9.17, 15) is 4.79 Å². The Balaban J connectivity index is 1.66. The van der Waals surface area contributed by atoms with E-state index in [1.165, 1.54) is 0 Å². The van der Waals surface area contributed by atoms with Crippen LogP contribution >= 0.6 is 11.6 Å². The van der Waals surface area contributed by atoms with Crippen LogP contribution < -0.4 is 15.4 Å². The SMILES string of the molecule is COc1ccc(NC(=O)NCCCN2CCOCC2)cc1Cl. The lowest BCUT2D eigenvalue weighted by Crippen LogP contribution is -2.38. The molecule has 122 valence electrons. The highest BCUT2D eigenvalue weighted by atomic mass is 35.5. The number of carbonyl (C=O) groups is 1. The monoisotopic (exact) mass is 327 g/mol. The average Bonchev–Trinajstić information content (AvgIpc) is 2.53. The number of rotatable bonds is 6. The van der Waals surface area contributed by atoms with Gasteiger partial charge in [0.05, 0.1) is 25.3 Å². The zero-order valence-corrected chi connectivity index (χ0v) is 13.5. The van der Waals surface area contributed by atoms with Crippen molar-refractivity contribution in [2.75, 3.05) is 51.8 Å². The van der Waals surface area contributed by atoms with Gasteiger partial charge in [-0.05, 0) is 31.2 Å². The molecule has 1 aliphatic heterocycles. The number of nitrogens with zero attached hydrogens (tertiary/aromatic N) is 1. The second kappa shape index (κ2) is 8.82. The maximum Gasteiger partial charge on any atom is 0.319 e. The normalized spacial score (nSPS) is 15.4. The van der Waals surface area contributed by atoms with E-state index in [1.54, 1.807) is 25.3 Å². The third kappa shape index (κ3) is 5.36. The summed E-state index contributed by atoms with van der Waals surface area (Å²) in [5, 5.41) is 6.05. The largest absolute Gasteiger partial charge is 0.495 e. The van der Waals surface area contributed by atoms with Crippen molar-refractivity contribution >= 4 is 23.3 Å². The number of amides is 2. The minimum atomic E-state index is -0.233. The number of anilines is 1. The van der Waals surface area contributed by atoms with Gasteiger partial charge in [-0.2, -0.15) is 0 Å². The number of methoxy groups -OCH3 is 1. The molecule has 0 spiro atoms. The molecule has 1 aromatic rings. The van der Waals surface area contributed by atoms with Gasteiger partial charge in [0.2, 0.25) is 0 Å². The molecule has 0 saturated carbocycles. The zero-order valence-electron chi connectivity index (χ0n) is 12.7. The Hall–Kier alpha value is -1.50. The molecule has 0 radical (unpaired) electrons. The summed E-state index contributed by atoms with van der Waals surface area (Å²) in [5.41, 5.74) is 0.636. The van der Waals surface area contributed by atoms with E-state index in [2.05, 4.69) is 15.5 Å². The molecule has 0 aliphatic carbocycles. The quantitative estimate of drug-likeness (QED) is 0.786. The van der Waals surface area contributed by atoms with Crippen molar-refractivity contribution in [3.05, 3.63) is 23.2 Å². The van der Waals surface area contributed by atoms with Gasteiger partial charge >= 0.3 is 6.03 Å².